The van der Waals surface area contributed by atoms with Crippen molar-refractivity contribution in [2.24, 2.45) is 27.6 Å². The third kappa shape index (κ3) is 6.29. The fourth-order valence-electron chi connectivity index (χ4n) is 1.40. The van der Waals surface area contributed by atoms with Crippen molar-refractivity contribution >= 4 is 23.4 Å². The van der Waals surface area contributed by atoms with Crippen LogP contribution in [0.1, 0.15) is 32.8 Å². The zero-order chi connectivity index (χ0) is 14.3. The van der Waals surface area contributed by atoms with Crippen LogP contribution in [-0.4, -0.2) is 17.4 Å². The van der Waals surface area contributed by atoms with Gasteiger partial charge in [-0.2, -0.15) is 5.10 Å². The second-order valence-electron chi connectivity index (χ2n) is 4.77. The van der Waals surface area contributed by atoms with Gasteiger partial charge in [0.15, 0.2) is 0 Å². The van der Waals surface area contributed by atoms with Crippen LogP contribution in [-0.2, 0) is 0 Å². The van der Waals surface area contributed by atoms with E-state index in [4.69, 9.17) is 11.5 Å². The third-order valence-corrected chi connectivity index (χ3v) is 3.60. The van der Waals surface area contributed by atoms with Crippen LogP contribution >= 0.6 is 11.8 Å². The first-order valence-electron chi connectivity index (χ1n) is 6.35. The standard InChI is InChI=1S/C14H22N4S/c1-10(2)8-9-19-13-6-4-12(5-7-13)11(3)17-18-14(15)16/h4-7,10H,8-9H2,1-3H3,(H4,15,16,18)/b17-11+. The monoisotopic (exact) mass is 278 g/mol. The summed E-state index contributed by atoms with van der Waals surface area (Å²) in [7, 11) is 0. The van der Waals surface area contributed by atoms with Gasteiger partial charge in [0, 0.05) is 4.90 Å². The summed E-state index contributed by atoms with van der Waals surface area (Å²) in [5.41, 5.74) is 12.3. The zero-order valence-electron chi connectivity index (χ0n) is 11.8. The average molecular weight is 278 g/mol. The van der Waals surface area contributed by atoms with E-state index in [0.29, 0.717) is 0 Å². The number of hydrogen-bond donors (Lipinski definition) is 2. The molecule has 0 fully saturated rings. The minimum absolute atomic E-state index is 0.0276. The Morgan fingerprint density at radius 2 is 1.79 bits per heavy atom. The van der Waals surface area contributed by atoms with Crippen molar-refractivity contribution in [3.8, 4) is 0 Å². The predicted molar refractivity (Wildman–Crippen MR) is 84.6 cm³/mol. The van der Waals surface area contributed by atoms with Gasteiger partial charge in [-0.3, -0.25) is 0 Å². The fraction of sp³-hybridized carbons (Fsp3) is 0.429. The maximum Gasteiger partial charge on any atom is 0.211 e. The van der Waals surface area contributed by atoms with Gasteiger partial charge in [0.2, 0.25) is 5.96 Å². The zero-order valence-corrected chi connectivity index (χ0v) is 12.6. The molecule has 1 rings (SSSR count). The number of hydrogen-bond acceptors (Lipinski definition) is 3. The molecule has 0 saturated carbocycles. The van der Waals surface area contributed by atoms with Crippen molar-refractivity contribution in [2.45, 2.75) is 32.1 Å². The molecule has 0 aromatic heterocycles. The maximum absolute atomic E-state index is 5.24. The number of benzene rings is 1. The molecular weight excluding hydrogens is 256 g/mol. The molecule has 0 heterocycles. The lowest BCUT2D eigenvalue weighted by atomic mass is 10.1. The lowest BCUT2D eigenvalue weighted by Crippen LogP contribution is -2.22. The number of thioether (sulfide) groups is 1. The molecule has 0 spiro atoms. The van der Waals surface area contributed by atoms with Crippen molar-refractivity contribution in [1.82, 2.24) is 0 Å². The summed E-state index contributed by atoms with van der Waals surface area (Å²) < 4.78 is 0. The van der Waals surface area contributed by atoms with E-state index in [0.717, 1.165) is 22.9 Å². The van der Waals surface area contributed by atoms with Crippen LogP contribution in [0.2, 0.25) is 0 Å². The molecular formula is C14H22N4S. The van der Waals surface area contributed by atoms with Crippen LogP contribution in [0.15, 0.2) is 39.4 Å². The number of nitrogens with zero attached hydrogens (tertiary/aromatic N) is 2. The van der Waals surface area contributed by atoms with Gasteiger partial charge in [-0.05, 0) is 42.7 Å². The normalized spacial score (nSPS) is 11.7. The average Bonchev–Trinajstić information content (AvgIpc) is 2.36. The first kappa shape index (κ1) is 15.6. The highest BCUT2D eigenvalue weighted by molar-refractivity contribution is 7.99. The molecule has 5 heteroatoms. The van der Waals surface area contributed by atoms with Gasteiger partial charge in [-0.25, -0.2) is 0 Å². The molecule has 19 heavy (non-hydrogen) atoms. The van der Waals surface area contributed by atoms with Gasteiger partial charge >= 0.3 is 0 Å². The van der Waals surface area contributed by atoms with E-state index in [9.17, 15) is 0 Å². The molecule has 4 N–H and O–H groups in total. The molecule has 0 radical (unpaired) electrons. The third-order valence-electron chi connectivity index (χ3n) is 2.55. The molecule has 1 aromatic rings. The molecule has 0 saturated heterocycles. The molecule has 0 atom stereocenters. The Kier molecular flexibility index (Phi) is 6.42. The van der Waals surface area contributed by atoms with Crippen LogP contribution in [0.4, 0.5) is 0 Å². The van der Waals surface area contributed by atoms with Gasteiger partial charge < -0.3 is 11.5 Å². The molecule has 0 amide bonds. The van der Waals surface area contributed by atoms with Crippen molar-refractivity contribution < 1.29 is 0 Å². The highest BCUT2D eigenvalue weighted by Crippen LogP contribution is 2.21. The highest BCUT2D eigenvalue weighted by Gasteiger charge is 2.00. The second kappa shape index (κ2) is 7.84. The van der Waals surface area contributed by atoms with Gasteiger partial charge in [0.25, 0.3) is 0 Å². The minimum Gasteiger partial charge on any atom is -0.369 e. The largest absolute Gasteiger partial charge is 0.369 e. The summed E-state index contributed by atoms with van der Waals surface area (Å²) in [6.07, 6.45) is 1.23. The summed E-state index contributed by atoms with van der Waals surface area (Å²) in [5, 5.41) is 7.60. The molecule has 1 aromatic carbocycles. The Hall–Kier alpha value is -1.49. The van der Waals surface area contributed by atoms with E-state index in [1.165, 1.54) is 11.3 Å². The predicted octanol–water partition coefficient (Wildman–Crippen LogP) is 2.82. The lowest BCUT2D eigenvalue weighted by molar-refractivity contribution is 0.632. The Labute approximate surface area is 119 Å². The van der Waals surface area contributed by atoms with Crippen molar-refractivity contribution in [2.75, 3.05) is 5.75 Å². The first-order chi connectivity index (χ1) is 8.99. The molecule has 0 unspecified atom stereocenters. The van der Waals surface area contributed by atoms with Crippen LogP contribution in [0.5, 0.6) is 0 Å². The van der Waals surface area contributed by atoms with Gasteiger partial charge in [-0.1, -0.05) is 26.0 Å². The smallest absolute Gasteiger partial charge is 0.211 e. The SMILES string of the molecule is C/C(=N\N=C(N)N)c1ccc(SCCC(C)C)cc1. The van der Waals surface area contributed by atoms with Gasteiger partial charge in [0.1, 0.15) is 0 Å². The van der Waals surface area contributed by atoms with Gasteiger partial charge in [-0.15, -0.1) is 16.9 Å². The van der Waals surface area contributed by atoms with E-state index >= 15 is 0 Å². The number of guanidine groups is 1. The number of nitrogens with two attached hydrogens (primary N) is 2. The van der Waals surface area contributed by atoms with Crippen LogP contribution in [0.3, 0.4) is 0 Å². The van der Waals surface area contributed by atoms with E-state index in [-0.39, 0.29) is 5.96 Å². The highest BCUT2D eigenvalue weighted by atomic mass is 32.2. The van der Waals surface area contributed by atoms with E-state index < -0.39 is 0 Å². The molecule has 104 valence electrons. The molecule has 0 aliphatic heterocycles. The molecule has 4 nitrogen and oxygen atoms in total. The quantitative estimate of drug-likeness (QED) is 0.363. The van der Waals surface area contributed by atoms with Crippen LogP contribution in [0.25, 0.3) is 0 Å². The Balaban J connectivity index is 2.61. The van der Waals surface area contributed by atoms with Crippen LogP contribution < -0.4 is 11.5 Å². The molecule has 0 aliphatic carbocycles. The van der Waals surface area contributed by atoms with Gasteiger partial charge in [0.05, 0.1) is 5.71 Å². The van der Waals surface area contributed by atoms with Crippen molar-refractivity contribution in [3.05, 3.63) is 29.8 Å². The van der Waals surface area contributed by atoms with Crippen molar-refractivity contribution in [3.63, 3.8) is 0 Å². The summed E-state index contributed by atoms with van der Waals surface area (Å²) in [6, 6.07) is 8.29. The number of rotatable bonds is 6. The second-order valence-corrected chi connectivity index (χ2v) is 5.93. The minimum atomic E-state index is -0.0276. The van der Waals surface area contributed by atoms with E-state index in [1.54, 1.807) is 0 Å². The maximum atomic E-state index is 5.24. The topological polar surface area (TPSA) is 76.8 Å². The Bertz CT molecular complexity index is 445. The summed E-state index contributed by atoms with van der Waals surface area (Å²) in [5.74, 6) is 1.87. The lowest BCUT2D eigenvalue weighted by Gasteiger charge is -2.05. The Morgan fingerprint density at radius 1 is 1.16 bits per heavy atom. The van der Waals surface area contributed by atoms with E-state index in [2.05, 4.69) is 36.2 Å². The van der Waals surface area contributed by atoms with Crippen molar-refractivity contribution in [1.29, 1.82) is 0 Å². The van der Waals surface area contributed by atoms with E-state index in [1.807, 2.05) is 30.8 Å². The molecule has 0 bridgehead atoms. The molecule has 0 aliphatic rings. The Morgan fingerprint density at radius 3 is 2.32 bits per heavy atom. The van der Waals surface area contributed by atoms with Crippen LogP contribution in [0, 0.1) is 5.92 Å². The summed E-state index contributed by atoms with van der Waals surface area (Å²) in [4.78, 5) is 1.28. The summed E-state index contributed by atoms with van der Waals surface area (Å²) in [6.45, 7) is 6.37. The fourth-order valence-corrected chi connectivity index (χ4v) is 2.55. The summed E-state index contributed by atoms with van der Waals surface area (Å²) >= 11 is 1.88. The first-order valence-corrected chi connectivity index (χ1v) is 7.34.